The fraction of sp³-hybridized carbons (Fsp3) is 0.118. The number of rotatable bonds is 3. The van der Waals surface area contributed by atoms with Crippen LogP contribution in [-0.4, -0.2) is 11.2 Å². The molecule has 0 unspecified atom stereocenters. The fourth-order valence-electron chi connectivity index (χ4n) is 2.63. The summed E-state index contributed by atoms with van der Waals surface area (Å²) in [6.07, 6.45) is -1.28. The molecule has 0 saturated carbocycles. The van der Waals surface area contributed by atoms with Crippen molar-refractivity contribution in [2.75, 3.05) is 0 Å². The Hall–Kier alpha value is -3.13. The Morgan fingerprint density at radius 1 is 1.05 bits per heavy atom. The largest absolute Gasteiger partial charge is 0.427 e. The maximum Gasteiger partial charge on any atom is 0.365 e. The van der Waals surface area contributed by atoms with E-state index in [1.165, 1.54) is 0 Å². The van der Waals surface area contributed by atoms with Gasteiger partial charge in [0.15, 0.2) is 0 Å². The molecule has 1 aliphatic heterocycles. The molecular weight excluding hydrogens is 280 g/mol. The molecule has 22 heavy (non-hydrogen) atoms. The van der Waals surface area contributed by atoms with Crippen LogP contribution in [0.25, 0.3) is 5.76 Å². The van der Waals surface area contributed by atoms with Gasteiger partial charge >= 0.3 is 6.23 Å². The molecule has 108 valence electrons. The Morgan fingerprint density at radius 3 is 2.18 bits per heavy atom. The first kappa shape index (κ1) is 13.8. The average molecular weight is 292 g/mol. The lowest BCUT2D eigenvalue weighted by Gasteiger charge is -2.12. The third-order valence-electron chi connectivity index (χ3n) is 3.60. The van der Waals surface area contributed by atoms with Gasteiger partial charge in [-0.3, -0.25) is 10.1 Å². The highest BCUT2D eigenvalue weighted by Crippen LogP contribution is 2.42. The third-order valence-corrected chi connectivity index (χ3v) is 3.60. The van der Waals surface area contributed by atoms with Gasteiger partial charge < -0.3 is 4.74 Å². The topological polar surface area (TPSA) is 76.2 Å². The number of nitro groups is 1. The van der Waals surface area contributed by atoms with E-state index in [9.17, 15) is 15.4 Å². The summed E-state index contributed by atoms with van der Waals surface area (Å²) >= 11 is 0. The second-order valence-electron chi connectivity index (χ2n) is 4.90. The van der Waals surface area contributed by atoms with E-state index in [1.807, 2.05) is 12.1 Å². The lowest BCUT2D eigenvalue weighted by molar-refractivity contribution is -0.567. The van der Waals surface area contributed by atoms with Crippen molar-refractivity contribution in [1.29, 1.82) is 5.26 Å². The quantitative estimate of drug-likeness (QED) is 0.642. The van der Waals surface area contributed by atoms with Crippen LogP contribution in [0.4, 0.5) is 0 Å². The Kier molecular flexibility index (Phi) is 3.58. The second-order valence-corrected chi connectivity index (χ2v) is 4.90. The number of ether oxygens (including phenoxy) is 1. The summed E-state index contributed by atoms with van der Waals surface area (Å²) in [5, 5.41) is 20.9. The SMILES string of the molecule is N#CC1=C(c2ccccc2)O[C@H]([N+](=O)[O-])[C@H]1c1ccccc1. The first-order valence-corrected chi connectivity index (χ1v) is 6.77. The molecule has 0 bridgehead atoms. The molecular formula is C17H12N2O3. The summed E-state index contributed by atoms with van der Waals surface area (Å²) in [6, 6.07) is 20.1. The minimum atomic E-state index is -1.28. The molecule has 3 rings (SSSR count). The summed E-state index contributed by atoms with van der Waals surface area (Å²) in [5.41, 5.74) is 1.66. The first-order valence-electron chi connectivity index (χ1n) is 6.77. The molecule has 0 amide bonds. The molecule has 1 heterocycles. The van der Waals surface area contributed by atoms with E-state index >= 15 is 0 Å². The summed E-state index contributed by atoms with van der Waals surface area (Å²) in [6.45, 7) is 0. The van der Waals surface area contributed by atoms with E-state index in [4.69, 9.17) is 4.74 Å². The number of nitriles is 1. The monoisotopic (exact) mass is 292 g/mol. The maximum absolute atomic E-state index is 11.4. The molecule has 0 fully saturated rings. The van der Waals surface area contributed by atoms with Gasteiger partial charge in [-0.15, -0.1) is 0 Å². The number of benzene rings is 2. The van der Waals surface area contributed by atoms with Crippen molar-refractivity contribution in [3.8, 4) is 6.07 Å². The van der Waals surface area contributed by atoms with Crippen molar-refractivity contribution in [3.63, 3.8) is 0 Å². The molecule has 0 saturated heterocycles. The van der Waals surface area contributed by atoms with Crippen molar-refractivity contribution in [2.24, 2.45) is 0 Å². The average Bonchev–Trinajstić information content (AvgIpc) is 2.96. The Morgan fingerprint density at radius 2 is 1.64 bits per heavy atom. The van der Waals surface area contributed by atoms with Crippen LogP contribution >= 0.6 is 0 Å². The Labute approximate surface area is 127 Å². The number of nitrogens with zero attached hydrogens (tertiary/aromatic N) is 2. The van der Waals surface area contributed by atoms with Gasteiger partial charge in [-0.2, -0.15) is 5.26 Å². The van der Waals surface area contributed by atoms with Crippen LogP contribution in [0, 0.1) is 21.4 Å². The molecule has 2 aromatic rings. The fourth-order valence-corrected chi connectivity index (χ4v) is 2.63. The maximum atomic E-state index is 11.4. The summed E-state index contributed by atoms with van der Waals surface area (Å²) in [4.78, 5) is 10.9. The van der Waals surface area contributed by atoms with E-state index in [0.29, 0.717) is 22.5 Å². The van der Waals surface area contributed by atoms with Crippen molar-refractivity contribution in [2.45, 2.75) is 12.1 Å². The number of hydrogen-bond donors (Lipinski definition) is 0. The summed E-state index contributed by atoms with van der Waals surface area (Å²) in [7, 11) is 0. The first-order chi connectivity index (χ1) is 10.7. The Balaban J connectivity index is 2.14. The van der Waals surface area contributed by atoms with Crippen molar-refractivity contribution in [3.05, 3.63) is 87.5 Å². The molecule has 0 N–H and O–H groups in total. The minimum Gasteiger partial charge on any atom is -0.427 e. The molecule has 0 aromatic heterocycles. The van der Waals surface area contributed by atoms with Gasteiger partial charge in [0.2, 0.25) is 0 Å². The molecule has 2 aromatic carbocycles. The molecule has 0 aliphatic carbocycles. The van der Waals surface area contributed by atoms with Crippen LogP contribution in [0.15, 0.2) is 66.2 Å². The van der Waals surface area contributed by atoms with E-state index < -0.39 is 17.1 Å². The molecule has 1 aliphatic rings. The van der Waals surface area contributed by atoms with Crippen LogP contribution in [-0.2, 0) is 4.74 Å². The zero-order valence-corrected chi connectivity index (χ0v) is 11.5. The van der Waals surface area contributed by atoms with E-state index in [1.54, 1.807) is 48.5 Å². The van der Waals surface area contributed by atoms with Gasteiger partial charge in [0, 0.05) is 5.56 Å². The lowest BCUT2D eigenvalue weighted by atomic mass is 9.90. The van der Waals surface area contributed by atoms with Crippen molar-refractivity contribution < 1.29 is 9.66 Å². The van der Waals surface area contributed by atoms with Gasteiger partial charge in [0.05, 0.1) is 16.6 Å². The molecule has 0 spiro atoms. The normalized spacial score (nSPS) is 20.3. The van der Waals surface area contributed by atoms with Crippen molar-refractivity contribution in [1.82, 2.24) is 0 Å². The predicted molar refractivity (Wildman–Crippen MR) is 80.0 cm³/mol. The molecule has 5 heteroatoms. The zero-order chi connectivity index (χ0) is 15.5. The van der Waals surface area contributed by atoms with Crippen LogP contribution in [0.1, 0.15) is 17.0 Å². The van der Waals surface area contributed by atoms with E-state index in [2.05, 4.69) is 6.07 Å². The van der Waals surface area contributed by atoms with Crippen LogP contribution in [0.5, 0.6) is 0 Å². The minimum absolute atomic E-state index is 0.290. The summed E-state index contributed by atoms with van der Waals surface area (Å²) in [5.74, 6) is -0.407. The smallest absolute Gasteiger partial charge is 0.365 e. The third kappa shape index (κ3) is 2.31. The molecule has 2 atom stereocenters. The van der Waals surface area contributed by atoms with E-state index in [-0.39, 0.29) is 0 Å². The molecule has 5 nitrogen and oxygen atoms in total. The van der Waals surface area contributed by atoms with Crippen molar-refractivity contribution >= 4 is 5.76 Å². The standard InChI is InChI=1S/C17H12N2O3/c18-11-14-15(12-7-3-1-4-8-12)17(19(20)21)22-16(14)13-9-5-2-6-10-13/h1-10,15,17H/t15-,17-/m0/s1. The summed E-state index contributed by atoms with van der Waals surface area (Å²) < 4.78 is 5.54. The van der Waals surface area contributed by atoms with Gasteiger partial charge in [-0.05, 0) is 5.56 Å². The van der Waals surface area contributed by atoms with Gasteiger partial charge in [-0.25, -0.2) is 0 Å². The van der Waals surface area contributed by atoms with E-state index in [0.717, 1.165) is 0 Å². The van der Waals surface area contributed by atoms with Crippen LogP contribution in [0.2, 0.25) is 0 Å². The van der Waals surface area contributed by atoms with Crippen LogP contribution in [0.3, 0.4) is 0 Å². The van der Waals surface area contributed by atoms with Gasteiger partial charge in [0.25, 0.3) is 0 Å². The second kappa shape index (κ2) is 5.70. The highest BCUT2D eigenvalue weighted by molar-refractivity contribution is 5.71. The molecule has 0 radical (unpaired) electrons. The predicted octanol–water partition coefficient (Wildman–Crippen LogP) is 3.34. The number of hydrogen-bond acceptors (Lipinski definition) is 4. The lowest BCUT2D eigenvalue weighted by Crippen LogP contribution is -2.26. The Bertz CT molecular complexity index is 763. The van der Waals surface area contributed by atoms with Crippen LogP contribution < -0.4 is 0 Å². The van der Waals surface area contributed by atoms with Gasteiger partial charge in [0.1, 0.15) is 11.7 Å². The highest BCUT2D eigenvalue weighted by atomic mass is 16.7. The van der Waals surface area contributed by atoms with Gasteiger partial charge in [-0.1, -0.05) is 60.7 Å². The zero-order valence-electron chi connectivity index (χ0n) is 11.5. The highest BCUT2D eigenvalue weighted by Gasteiger charge is 2.46.